The molecule has 72 valence electrons. The van der Waals surface area contributed by atoms with E-state index in [-0.39, 0.29) is 5.82 Å². The minimum absolute atomic E-state index is 0.244. The molecule has 1 aromatic heterocycles. The summed E-state index contributed by atoms with van der Waals surface area (Å²) in [7, 11) is 0. The Balaban J connectivity index is 2.51. The lowest BCUT2D eigenvalue weighted by Crippen LogP contribution is -1.82. The van der Waals surface area contributed by atoms with E-state index in [0.29, 0.717) is 4.73 Å². The van der Waals surface area contributed by atoms with Gasteiger partial charge in [-0.1, -0.05) is 0 Å². The molecule has 0 atom stereocenters. The fraction of sp³-hybridized carbons (Fsp3) is 0.111. The summed E-state index contributed by atoms with van der Waals surface area (Å²) in [6, 6.07) is 4.83. The van der Waals surface area contributed by atoms with Crippen molar-refractivity contribution in [2.45, 2.75) is 6.92 Å². The molecule has 1 heterocycles. The van der Waals surface area contributed by atoms with Crippen molar-refractivity contribution in [1.29, 1.82) is 0 Å². The van der Waals surface area contributed by atoms with Crippen molar-refractivity contribution in [1.82, 2.24) is 9.36 Å². The van der Waals surface area contributed by atoms with Gasteiger partial charge < -0.3 is 0 Å². The zero-order chi connectivity index (χ0) is 10.1. The topological polar surface area (TPSA) is 25.8 Å². The van der Waals surface area contributed by atoms with Crippen molar-refractivity contribution in [3.63, 3.8) is 0 Å². The van der Waals surface area contributed by atoms with Crippen molar-refractivity contribution in [3.8, 4) is 10.6 Å². The molecule has 0 N–H and O–H groups in total. The molecule has 0 saturated heterocycles. The van der Waals surface area contributed by atoms with Crippen LogP contribution < -0.4 is 0 Å². The zero-order valence-corrected chi connectivity index (χ0v) is 9.69. The third kappa shape index (κ3) is 1.99. The van der Waals surface area contributed by atoms with Crippen LogP contribution in [0.15, 0.2) is 22.9 Å². The molecule has 0 fully saturated rings. The SMILES string of the molecule is Cc1cc(F)cc(-c2nc(Br)ns2)c1. The fourth-order valence-electron chi connectivity index (χ4n) is 1.18. The number of rotatable bonds is 1. The number of hydrogen-bond donors (Lipinski definition) is 0. The maximum absolute atomic E-state index is 13.1. The Morgan fingerprint density at radius 3 is 2.71 bits per heavy atom. The summed E-state index contributed by atoms with van der Waals surface area (Å²) in [6.45, 7) is 1.85. The minimum atomic E-state index is -0.244. The second-order valence-electron chi connectivity index (χ2n) is 2.89. The van der Waals surface area contributed by atoms with E-state index in [1.54, 1.807) is 0 Å². The summed E-state index contributed by atoms with van der Waals surface area (Å²) in [4.78, 5) is 4.12. The lowest BCUT2D eigenvalue weighted by molar-refractivity contribution is 0.627. The normalized spacial score (nSPS) is 10.5. The zero-order valence-electron chi connectivity index (χ0n) is 7.29. The maximum atomic E-state index is 13.1. The molecule has 1 aromatic carbocycles. The van der Waals surface area contributed by atoms with E-state index < -0.39 is 0 Å². The van der Waals surface area contributed by atoms with Gasteiger partial charge in [-0.3, -0.25) is 0 Å². The molecule has 0 amide bonds. The largest absolute Gasteiger partial charge is 0.209 e. The first-order valence-corrected chi connectivity index (χ1v) is 5.48. The van der Waals surface area contributed by atoms with E-state index in [1.165, 1.54) is 23.7 Å². The van der Waals surface area contributed by atoms with Gasteiger partial charge in [0.15, 0.2) is 0 Å². The minimum Gasteiger partial charge on any atom is -0.209 e. The molecule has 2 aromatic rings. The molecule has 5 heteroatoms. The summed E-state index contributed by atoms with van der Waals surface area (Å²) in [5.41, 5.74) is 1.65. The molecular formula is C9H6BrFN2S. The van der Waals surface area contributed by atoms with Crippen LogP contribution in [0.4, 0.5) is 4.39 Å². The second-order valence-corrected chi connectivity index (χ2v) is 4.35. The Kier molecular flexibility index (Phi) is 2.60. The maximum Gasteiger partial charge on any atom is 0.209 e. The molecule has 2 rings (SSSR count). The average Bonchev–Trinajstić information content (AvgIpc) is 2.50. The third-order valence-corrected chi connectivity index (χ3v) is 3.04. The number of aromatic nitrogens is 2. The lowest BCUT2D eigenvalue weighted by atomic mass is 10.1. The highest BCUT2D eigenvalue weighted by molar-refractivity contribution is 9.10. The predicted molar refractivity (Wildman–Crippen MR) is 57.7 cm³/mol. The van der Waals surface area contributed by atoms with Gasteiger partial charge in [-0.25, -0.2) is 9.37 Å². The van der Waals surface area contributed by atoms with Crippen LogP contribution in [0.2, 0.25) is 0 Å². The van der Waals surface area contributed by atoms with Crippen molar-refractivity contribution in [2.24, 2.45) is 0 Å². The molecule has 0 bridgehead atoms. The number of hydrogen-bond acceptors (Lipinski definition) is 3. The molecule has 0 spiro atoms. The van der Waals surface area contributed by atoms with Crippen molar-refractivity contribution in [2.75, 3.05) is 0 Å². The average molecular weight is 273 g/mol. The van der Waals surface area contributed by atoms with Gasteiger partial charge in [-0.05, 0) is 58.1 Å². The lowest BCUT2D eigenvalue weighted by Gasteiger charge is -1.98. The Morgan fingerprint density at radius 1 is 1.36 bits per heavy atom. The van der Waals surface area contributed by atoms with E-state index in [2.05, 4.69) is 25.3 Å². The van der Waals surface area contributed by atoms with Crippen LogP contribution in [0.5, 0.6) is 0 Å². The highest BCUT2D eigenvalue weighted by Crippen LogP contribution is 2.24. The first-order valence-electron chi connectivity index (χ1n) is 3.92. The molecule has 14 heavy (non-hydrogen) atoms. The van der Waals surface area contributed by atoms with Crippen LogP contribution in [0.3, 0.4) is 0 Å². The Hall–Kier alpha value is -0.810. The molecule has 2 nitrogen and oxygen atoms in total. The first-order chi connectivity index (χ1) is 6.65. The highest BCUT2D eigenvalue weighted by atomic mass is 79.9. The summed E-state index contributed by atoms with van der Waals surface area (Å²) >= 11 is 4.41. The van der Waals surface area contributed by atoms with E-state index in [9.17, 15) is 4.39 Å². The van der Waals surface area contributed by atoms with Gasteiger partial charge >= 0.3 is 0 Å². The Morgan fingerprint density at radius 2 is 2.14 bits per heavy atom. The van der Waals surface area contributed by atoms with Crippen molar-refractivity contribution in [3.05, 3.63) is 34.3 Å². The van der Waals surface area contributed by atoms with E-state index in [0.717, 1.165) is 16.1 Å². The fourth-order valence-corrected chi connectivity index (χ4v) is 2.25. The number of aryl methyl sites for hydroxylation is 1. The van der Waals surface area contributed by atoms with Gasteiger partial charge in [-0.15, -0.1) is 0 Å². The number of nitrogens with zero attached hydrogens (tertiary/aromatic N) is 2. The summed E-state index contributed by atoms with van der Waals surface area (Å²) in [6.07, 6.45) is 0. The van der Waals surface area contributed by atoms with Gasteiger partial charge in [-0.2, -0.15) is 4.37 Å². The molecule has 0 aliphatic rings. The summed E-state index contributed by atoms with van der Waals surface area (Å²) in [5.74, 6) is -0.244. The third-order valence-electron chi connectivity index (χ3n) is 1.69. The van der Waals surface area contributed by atoms with Gasteiger partial charge in [0, 0.05) is 5.56 Å². The summed E-state index contributed by atoms with van der Waals surface area (Å²) < 4.78 is 17.6. The van der Waals surface area contributed by atoms with E-state index in [4.69, 9.17) is 0 Å². The smallest absolute Gasteiger partial charge is 0.209 e. The van der Waals surface area contributed by atoms with Crippen LogP contribution in [-0.2, 0) is 0 Å². The van der Waals surface area contributed by atoms with Crippen LogP contribution in [-0.4, -0.2) is 9.36 Å². The Labute approximate surface area is 93.1 Å². The van der Waals surface area contributed by atoms with Gasteiger partial charge in [0.2, 0.25) is 4.73 Å². The number of benzene rings is 1. The molecular weight excluding hydrogens is 267 g/mol. The quantitative estimate of drug-likeness (QED) is 0.795. The summed E-state index contributed by atoms with van der Waals surface area (Å²) in [5, 5.41) is 0.722. The predicted octanol–water partition coefficient (Wildman–Crippen LogP) is 3.42. The molecule has 0 unspecified atom stereocenters. The van der Waals surface area contributed by atoms with Crippen LogP contribution in [0.25, 0.3) is 10.6 Å². The van der Waals surface area contributed by atoms with Crippen LogP contribution in [0.1, 0.15) is 5.56 Å². The van der Waals surface area contributed by atoms with E-state index >= 15 is 0 Å². The van der Waals surface area contributed by atoms with Gasteiger partial charge in [0.25, 0.3) is 0 Å². The Bertz CT molecular complexity index is 449. The van der Waals surface area contributed by atoms with Gasteiger partial charge in [0.1, 0.15) is 10.8 Å². The highest BCUT2D eigenvalue weighted by Gasteiger charge is 2.06. The standard InChI is InChI=1S/C9H6BrFN2S/c1-5-2-6(4-7(11)3-5)8-12-9(10)13-14-8/h2-4H,1H3. The monoisotopic (exact) mass is 272 g/mol. The van der Waals surface area contributed by atoms with Crippen molar-refractivity contribution < 1.29 is 4.39 Å². The van der Waals surface area contributed by atoms with Crippen molar-refractivity contribution >= 4 is 27.5 Å². The second kappa shape index (κ2) is 3.74. The molecule has 0 aliphatic carbocycles. The molecule has 0 aliphatic heterocycles. The molecule has 0 saturated carbocycles. The van der Waals surface area contributed by atoms with Crippen LogP contribution in [0, 0.1) is 12.7 Å². The van der Waals surface area contributed by atoms with Crippen LogP contribution >= 0.6 is 27.5 Å². The first kappa shape index (κ1) is 9.73. The number of halogens is 2. The van der Waals surface area contributed by atoms with Gasteiger partial charge in [0.05, 0.1) is 0 Å². The molecule has 0 radical (unpaired) electrons. The van der Waals surface area contributed by atoms with E-state index in [1.807, 2.05) is 13.0 Å².